The number of halogens is 2. The van der Waals surface area contributed by atoms with Gasteiger partial charge in [0.1, 0.15) is 10.7 Å². The first-order valence-corrected chi connectivity index (χ1v) is 8.26. The summed E-state index contributed by atoms with van der Waals surface area (Å²) in [4.78, 5) is 7.54. The van der Waals surface area contributed by atoms with Crippen LogP contribution >= 0.6 is 12.4 Å². The van der Waals surface area contributed by atoms with Gasteiger partial charge in [0.05, 0.1) is 12.2 Å². The van der Waals surface area contributed by atoms with E-state index >= 15 is 0 Å². The number of nitrogens with one attached hydrogen (secondary N) is 1. The molecule has 0 amide bonds. The Morgan fingerprint density at radius 3 is 2.78 bits per heavy atom. The molecule has 3 heterocycles. The molecule has 1 fully saturated rings. The molecule has 124 valence electrons. The molecule has 2 aromatic heterocycles. The van der Waals surface area contributed by atoms with Crippen molar-refractivity contribution in [3.63, 3.8) is 0 Å². The highest BCUT2D eigenvalue weighted by atomic mass is 35.5. The smallest absolute Gasteiger partial charge is 0.245 e. The van der Waals surface area contributed by atoms with Gasteiger partial charge in [0.25, 0.3) is 0 Å². The summed E-state index contributed by atoms with van der Waals surface area (Å²) in [6.07, 6.45) is 5.43. The maximum absolute atomic E-state index is 13.3. The summed E-state index contributed by atoms with van der Waals surface area (Å²) in [5, 5.41) is 3.17. The number of hydrogen-bond acceptors (Lipinski definition) is 5. The van der Waals surface area contributed by atoms with Gasteiger partial charge in [-0.3, -0.25) is 9.97 Å². The molecule has 1 saturated heterocycles. The van der Waals surface area contributed by atoms with Crippen LogP contribution in [0.1, 0.15) is 11.6 Å². The van der Waals surface area contributed by atoms with Crippen LogP contribution in [0, 0.1) is 5.82 Å². The van der Waals surface area contributed by atoms with Gasteiger partial charge in [0.2, 0.25) is 10.0 Å². The van der Waals surface area contributed by atoms with Crippen LogP contribution in [0.15, 0.2) is 47.9 Å². The maximum Gasteiger partial charge on any atom is 0.245 e. The van der Waals surface area contributed by atoms with Gasteiger partial charge in [-0.25, -0.2) is 12.8 Å². The van der Waals surface area contributed by atoms with Crippen molar-refractivity contribution in [2.45, 2.75) is 10.9 Å². The van der Waals surface area contributed by atoms with Crippen LogP contribution in [0.4, 0.5) is 4.39 Å². The number of aromatic nitrogens is 2. The van der Waals surface area contributed by atoms with Gasteiger partial charge in [-0.15, -0.1) is 12.4 Å². The SMILES string of the molecule is Cl.O=S(=O)(c1cncc(F)c1)N1CCNCC1c1cccnc1. The molecule has 0 aromatic carbocycles. The van der Waals surface area contributed by atoms with E-state index in [-0.39, 0.29) is 23.3 Å². The fourth-order valence-electron chi connectivity index (χ4n) is 2.50. The maximum atomic E-state index is 13.3. The first-order chi connectivity index (χ1) is 10.6. The first kappa shape index (κ1) is 17.7. The quantitative estimate of drug-likeness (QED) is 0.897. The Bertz CT molecular complexity index is 760. The standard InChI is InChI=1S/C14H15FN4O2S.ClH/c15-12-6-13(9-18-8-12)22(20,21)19-5-4-17-10-14(19)11-2-1-3-16-7-11;/h1-3,6-9,14,17H,4-5,10H2;1H. The molecule has 0 aliphatic carbocycles. The van der Waals surface area contributed by atoms with E-state index in [0.29, 0.717) is 19.6 Å². The zero-order chi connectivity index (χ0) is 15.6. The normalized spacial score (nSPS) is 19.1. The van der Waals surface area contributed by atoms with Crippen LogP contribution in [-0.4, -0.2) is 42.3 Å². The number of nitrogens with zero attached hydrogens (tertiary/aromatic N) is 3. The van der Waals surface area contributed by atoms with Gasteiger partial charge in [0.15, 0.2) is 0 Å². The minimum absolute atomic E-state index is 0. The Hall–Kier alpha value is -1.61. The third-order valence-electron chi connectivity index (χ3n) is 3.55. The minimum Gasteiger partial charge on any atom is -0.313 e. The van der Waals surface area contributed by atoms with Crippen LogP contribution in [0.2, 0.25) is 0 Å². The highest BCUT2D eigenvalue weighted by Crippen LogP contribution is 2.28. The molecule has 6 nitrogen and oxygen atoms in total. The third kappa shape index (κ3) is 3.66. The van der Waals surface area contributed by atoms with E-state index < -0.39 is 15.8 Å². The minimum atomic E-state index is -3.82. The van der Waals surface area contributed by atoms with Gasteiger partial charge >= 0.3 is 0 Å². The monoisotopic (exact) mass is 358 g/mol. The third-order valence-corrected chi connectivity index (χ3v) is 5.42. The topological polar surface area (TPSA) is 75.2 Å². The van der Waals surface area contributed by atoms with Crippen LogP contribution in [0.3, 0.4) is 0 Å². The highest BCUT2D eigenvalue weighted by molar-refractivity contribution is 7.89. The molecule has 0 bridgehead atoms. The van der Waals surface area contributed by atoms with Crippen LogP contribution in [0.25, 0.3) is 0 Å². The average Bonchev–Trinajstić information content (AvgIpc) is 2.56. The molecule has 23 heavy (non-hydrogen) atoms. The second-order valence-corrected chi connectivity index (χ2v) is 6.85. The van der Waals surface area contributed by atoms with Crippen molar-refractivity contribution in [1.82, 2.24) is 19.6 Å². The summed E-state index contributed by atoms with van der Waals surface area (Å²) < 4.78 is 40.3. The molecule has 3 rings (SSSR count). The molecular weight excluding hydrogens is 343 g/mol. The lowest BCUT2D eigenvalue weighted by Crippen LogP contribution is -2.48. The van der Waals surface area contributed by atoms with Gasteiger partial charge < -0.3 is 5.32 Å². The molecule has 1 aliphatic rings. The summed E-state index contributed by atoms with van der Waals surface area (Å²) in [6.45, 7) is 1.32. The summed E-state index contributed by atoms with van der Waals surface area (Å²) in [6, 6.07) is 4.20. The molecule has 1 aliphatic heterocycles. The van der Waals surface area contributed by atoms with E-state index in [1.165, 1.54) is 10.5 Å². The largest absolute Gasteiger partial charge is 0.313 e. The first-order valence-electron chi connectivity index (χ1n) is 6.82. The van der Waals surface area contributed by atoms with E-state index in [1.54, 1.807) is 18.5 Å². The van der Waals surface area contributed by atoms with Crippen molar-refractivity contribution in [3.8, 4) is 0 Å². The Kier molecular flexibility index (Phi) is 5.64. The van der Waals surface area contributed by atoms with Crippen LogP contribution < -0.4 is 5.32 Å². The van der Waals surface area contributed by atoms with E-state index in [1.807, 2.05) is 6.07 Å². The summed E-state index contributed by atoms with van der Waals surface area (Å²) in [5.74, 6) is -0.672. The highest BCUT2D eigenvalue weighted by Gasteiger charge is 2.34. The lowest BCUT2D eigenvalue weighted by atomic mass is 10.1. The number of rotatable bonds is 3. The van der Waals surface area contributed by atoms with Crippen molar-refractivity contribution in [1.29, 1.82) is 0 Å². The second-order valence-electron chi connectivity index (χ2n) is 4.96. The van der Waals surface area contributed by atoms with Crippen molar-refractivity contribution in [2.24, 2.45) is 0 Å². The zero-order valence-electron chi connectivity index (χ0n) is 12.1. The van der Waals surface area contributed by atoms with Gasteiger partial charge in [-0.05, 0) is 17.7 Å². The Labute approximate surface area is 140 Å². The van der Waals surface area contributed by atoms with Crippen LogP contribution in [-0.2, 0) is 10.0 Å². The number of pyridine rings is 2. The van der Waals surface area contributed by atoms with E-state index in [4.69, 9.17) is 0 Å². The summed E-state index contributed by atoms with van der Waals surface area (Å²) in [5.41, 5.74) is 0.794. The Morgan fingerprint density at radius 2 is 2.09 bits per heavy atom. The van der Waals surface area contributed by atoms with Gasteiger partial charge in [0, 0.05) is 38.2 Å². The van der Waals surface area contributed by atoms with Crippen molar-refractivity contribution >= 4 is 22.4 Å². The fourth-order valence-corrected chi connectivity index (χ4v) is 4.09. The Balaban J connectivity index is 0.00000192. The van der Waals surface area contributed by atoms with Crippen molar-refractivity contribution in [2.75, 3.05) is 19.6 Å². The van der Waals surface area contributed by atoms with E-state index in [0.717, 1.165) is 17.8 Å². The van der Waals surface area contributed by atoms with E-state index in [2.05, 4.69) is 15.3 Å². The summed E-state index contributed by atoms with van der Waals surface area (Å²) in [7, 11) is -3.82. The predicted molar refractivity (Wildman–Crippen MR) is 85.2 cm³/mol. The molecular formula is C14H16ClFN4O2S. The van der Waals surface area contributed by atoms with Crippen molar-refractivity contribution in [3.05, 3.63) is 54.4 Å². The predicted octanol–water partition coefficient (Wildman–Crippen LogP) is 1.37. The van der Waals surface area contributed by atoms with Gasteiger partial charge in [-0.1, -0.05) is 6.07 Å². The molecule has 0 saturated carbocycles. The average molecular weight is 359 g/mol. The number of sulfonamides is 1. The molecule has 1 unspecified atom stereocenters. The molecule has 0 radical (unpaired) electrons. The zero-order valence-corrected chi connectivity index (χ0v) is 13.7. The van der Waals surface area contributed by atoms with Crippen molar-refractivity contribution < 1.29 is 12.8 Å². The lowest BCUT2D eigenvalue weighted by molar-refractivity contribution is 0.271. The molecule has 1 atom stereocenters. The molecule has 1 N–H and O–H groups in total. The van der Waals surface area contributed by atoms with Crippen LogP contribution in [0.5, 0.6) is 0 Å². The Morgan fingerprint density at radius 1 is 1.26 bits per heavy atom. The molecule has 2 aromatic rings. The van der Waals surface area contributed by atoms with E-state index in [9.17, 15) is 12.8 Å². The van der Waals surface area contributed by atoms with Gasteiger partial charge in [-0.2, -0.15) is 4.31 Å². The lowest BCUT2D eigenvalue weighted by Gasteiger charge is -2.35. The number of hydrogen-bond donors (Lipinski definition) is 1. The molecule has 0 spiro atoms. The fraction of sp³-hybridized carbons (Fsp3) is 0.286. The summed E-state index contributed by atoms with van der Waals surface area (Å²) >= 11 is 0. The molecule has 9 heteroatoms. The number of piperazine rings is 1. The second kappa shape index (κ2) is 7.31.